The van der Waals surface area contributed by atoms with Crippen molar-refractivity contribution in [2.24, 2.45) is 0 Å². The highest BCUT2D eigenvalue weighted by molar-refractivity contribution is 5.92. The Labute approximate surface area is 259 Å². The molecule has 7 heteroatoms. The molecule has 0 aliphatic carbocycles. The quantitative estimate of drug-likeness (QED) is 0.132. The summed E-state index contributed by atoms with van der Waals surface area (Å²) in [5, 5.41) is 12.2. The highest BCUT2D eigenvalue weighted by Crippen LogP contribution is 2.38. The summed E-state index contributed by atoms with van der Waals surface area (Å²) >= 11 is 0. The molecule has 0 saturated heterocycles. The number of benzene rings is 3. The van der Waals surface area contributed by atoms with Gasteiger partial charge in [-0.1, -0.05) is 81.3 Å². The summed E-state index contributed by atoms with van der Waals surface area (Å²) in [6.07, 6.45) is 6.18. The van der Waals surface area contributed by atoms with E-state index in [1.165, 1.54) is 0 Å². The monoisotopic (exact) mass is 581 g/mol. The molecule has 44 heavy (non-hydrogen) atoms. The van der Waals surface area contributed by atoms with Crippen LogP contribution in [0.2, 0.25) is 0 Å². The number of aromatic nitrogens is 4. The minimum Gasteiger partial charge on any atom is -0.356 e. The topological polar surface area (TPSA) is 70.4 Å². The SMILES string of the molecule is CCCCNc1nccc(-c2c(-c3ccc(Nc4ccccc4)cc3)nn3c(N(CCCC)c4ccccc4)cccc23)n1. The number of fused-ring (bicyclic) bond motifs is 1. The summed E-state index contributed by atoms with van der Waals surface area (Å²) < 4.78 is 2.08. The number of hydrogen-bond donors (Lipinski definition) is 2. The van der Waals surface area contributed by atoms with Gasteiger partial charge in [-0.3, -0.25) is 0 Å². The van der Waals surface area contributed by atoms with Crippen LogP contribution in [0.3, 0.4) is 0 Å². The Balaban J connectivity index is 1.48. The molecular weight excluding hydrogens is 542 g/mol. The lowest BCUT2D eigenvalue weighted by molar-refractivity contribution is 0.767. The molecule has 0 amide bonds. The van der Waals surface area contributed by atoms with Crippen LogP contribution in [0.15, 0.2) is 115 Å². The molecule has 0 fully saturated rings. The molecule has 7 nitrogen and oxygen atoms in total. The largest absolute Gasteiger partial charge is 0.356 e. The molecule has 0 aliphatic rings. The number of pyridine rings is 1. The highest BCUT2D eigenvalue weighted by Gasteiger charge is 2.22. The number of nitrogens with one attached hydrogen (secondary N) is 2. The fraction of sp³-hybridized carbons (Fsp3) is 0.216. The number of rotatable bonds is 13. The van der Waals surface area contributed by atoms with E-state index in [1.54, 1.807) is 0 Å². The van der Waals surface area contributed by atoms with Crippen molar-refractivity contribution < 1.29 is 0 Å². The average Bonchev–Trinajstić information content (AvgIpc) is 3.47. The normalized spacial score (nSPS) is 11.0. The van der Waals surface area contributed by atoms with Gasteiger partial charge in [0.15, 0.2) is 0 Å². The van der Waals surface area contributed by atoms with Gasteiger partial charge in [-0.2, -0.15) is 5.10 Å². The molecule has 6 aromatic rings. The van der Waals surface area contributed by atoms with E-state index >= 15 is 0 Å². The fourth-order valence-corrected chi connectivity index (χ4v) is 5.37. The molecule has 3 aromatic carbocycles. The van der Waals surface area contributed by atoms with Gasteiger partial charge in [0.05, 0.1) is 16.8 Å². The van der Waals surface area contributed by atoms with Crippen LogP contribution in [0.1, 0.15) is 39.5 Å². The number of unbranched alkanes of at least 4 members (excludes halogenated alkanes) is 2. The van der Waals surface area contributed by atoms with Gasteiger partial charge in [0, 0.05) is 41.9 Å². The second-order valence-corrected chi connectivity index (χ2v) is 10.9. The lowest BCUT2D eigenvalue weighted by Crippen LogP contribution is -2.21. The first-order chi connectivity index (χ1) is 21.7. The maximum absolute atomic E-state index is 5.31. The van der Waals surface area contributed by atoms with E-state index in [9.17, 15) is 0 Å². The maximum atomic E-state index is 5.31. The summed E-state index contributed by atoms with van der Waals surface area (Å²) in [6, 6.07) is 37.6. The number of nitrogens with zero attached hydrogens (tertiary/aromatic N) is 5. The van der Waals surface area contributed by atoms with Crippen LogP contribution in [-0.2, 0) is 0 Å². The molecular formula is C37H39N7. The predicted molar refractivity (Wildman–Crippen MR) is 183 cm³/mol. The maximum Gasteiger partial charge on any atom is 0.223 e. The molecule has 6 rings (SSSR count). The second kappa shape index (κ2) is 13.9. The summed E-state index contributed by atoms with van der Waals surface area (Å²) in [6.45, 7) is 6.14. The third kappa shape index (κ3) is 6.42. The Morgan fingerprint density at radius 2 is 1.45 bits per heavy atom. The van der Waals surface area contributed by atoms with Gasteiger partial charge in [0.2, 0.25) is 5.95 Å². The van der Waals surface area contributed by atoms with Crippen molar-refractivity contribution in [1.82, 2.24) is 19.6 Å². The Hall–Kier alpha value is -5.17. The van der Waals surface area contributed by atoms with Crippen LogP contribution in [0.4, 0.5) is 28.8 Å². The van der Waals surface area contributed by atoms with E-state index < -0.39 is 0 Å². The first-order valence-corrected chi connectivity index (χ1v) is 15.6. The molecule has 0 aliphatic heterocycles. The van der Waals surface area contributed by atoms with Crippen LogP contribution >= 0.6 is 0 Å². The van der Waals surface area contributed by atoms with Gasteiger partial charge in [-0.05, 0) is 67.4 Å². The van der Waals surface area contributed by atoms with E-state index in [-0.39, 0.29) is 0 Å². The zero-order chi connectivity index (χ0) is 30.1. The predicted octanol–water partition coefficient (Wildman–Crippen LogP) is 9.35. The van der Waals surface area contributed by atoms with Crippen molar-refractivity contribution in [3.8, 4) is 22.5 Å². The second-order valence-electron chi connectivity index (χ2n) is 10.9. The van der Waals surface area contributed by atoms with E-state index in [1.807, 2.05) is 30.5 Å². The lowest BCUT2D eigenvalue weighted by Gasteiger charge is -2.25. The van der Waals surface area contributed by atoms with E-state index in [2.05, 4.69) is 124 Å². The zero-order valence-electron chi connectivity index (χ0n) is 25.4. The smallest absolute Gasteiger partial charge is 0.223 e. The van der Waals surface area contributed by atoms with E-state index in [4.69, 9.17) is 10.1 Å². The third-order valence-corrected chi connectivity index (χ3v) is 7.66. The van der Waals surface area contributed by atoms with Gasteiger partial charge >= 0.3 is 0 Å². The standard InChI is InChI=1S/C37H39N7/c1-3-5-25-38-37-39-26-24-32(41-37)35-33-18-13-19-34(43(27-6-4-2)31-16-11-8-12-17-31)44(33)42-36(35)28-20-22-30(23-21-28)40-29-14-9-7-10-15-29/h7-24,26,40H,3-6,25,27H2,1-2H3,(H,38,39,41). The van der Waals surface area contributed by atoms with Crippen LogP contribution in [0.5, 0.6) is 0 Å². The summed E-state index contributed by atoms with van der Waals surface area (Å²) in [5.41, 5.74) is 7.94. The zero-order valence-corrected chi connectivity index (χ0v) is 25.4. The van der Waals surface area contributed by atoms with Crippen LogP contribution < -0.4 is 15.5 Å². The van der Waals surface area contributed by atoms with Gasteiger partial charge in [0.1, 0.15) is 11.5 Å². The van der Waals surface area contributed by atoms with Gasteiger partial charge in [-0.25, -0.2) is 14.5 Å². The van der Waals surface area contributed by atoms with Crippen LogP contribution in [0, 0.1) is 0 Å². The molecule has 0 unspecified atom stereocenters. The molecule has 0 atom stereocenters. The van der Waals surface area contributed by atoms with Crippen LogP contribution in [0.25, 0.3) is 28.0 Å². The molecule has 222 valence electrons. The Bertz CT molecular complexity index is 1780. The van der Waals surface area contributed by atoms with E-state index in [0.717, 1.165) is 89.7 Å². The third-order valence-electron chi connectivity index (χ3n) is 7.66. The molecule has 0 bridgehead atoms. The lowest BCUT2D eigenvalue weighted by atomic mass is 10.0. The molecule has 3 aromatic heterocycles. The summed E-state index contributed by atoms with van der Waals surface area (Å²) in [7, 11) is 0. The average molecular weight is 582 g/mol. The Morgan fingerprint density at radius 1 is 0.727 bits per heavy atom. The van der Waals surface area contributed by atoms with Gasteiger partial charge in [0.25, 0.3) is 0 Å². The number of para-hydroxylation sites is 2. The minimum atomic E-state index is 0.633. The summed E-state index contributed by atoms with van der Waals surface area (Å²) in [5.74, 6) is 1.65. The van der Waals surface area contributed by atoms with Crippen molar-refractivity contribution in [2.75, 3.05) is 28.6 Å². The molecule has 3 heterocycles. The highest BCUT2D eigenvalue weighted by atomic mass is 15.3. The first-order valence-electron chi connectivity index (χ1n) is 15.6. The number of anilines is 5. The molecule has 0 saturated carbocycles. The first kappa shape index (κ1) is 28.9. The number of hydrogen-bond acceptors (Lipinski definition) is 6. The van der Waals surface area contributed by atoms with Crippen molar-refractivity contribution in [1.29, 1.82) is 0 Å². The summed E-state index contributed by atoms with van der Waals surface area (Å²) in [4.78, 5) is 11.8. The fourth-order valence-electron chi connectivity index (χ4n) is 5.37. The van der Waals surface area contributed by atoms with Crippen molar-refractivity contribution in [3.05, 3.63) is 115 Å². The Kier molecular flexibility index (Phi) is 9.12. The Morgan fingerprint density at radius 3 is 2.20 bits per heavy atom. The van der Waals surface area contributed by atoms with E-state index in [0.29, 0.717) is 5.95 Å². The van der Waals surface area contributed by atoms with Gasteiger partial charge in [-0.15, -0.1) is 0 Å². The molecule has 0 spiro atoms. The van der Waals surface area contributed by atoms with Gasteiger partial charge < -0.3 is 15.5 Å². The van der Waals surface area contributed by atoms with Crippen molar-refractivity contribution in [2.45, 2.75) is 39.5 Å². The van der Waals surface area contributed by atoms with Crippen molar-refractivity contribution in [3.63, 3.8) is 0 Å². The molecule has 0 radical (unpaired) electrons. The van der Waals surface area contributed by atoms with Crippen LogP contribution in [-0.4, -0.2) is 32.7 Å². The molecule has 2 N–H and O–H groups in total. The minimum absolute atomic E-state index is 0.633. The van der Waals surface area contributed by atoms with Crippen molar-refractivity contribution >= 4 is 34.3 Å².